The Hall–Kier alpha value is -2.60. The van der Waals surface area contributed by atoms with Gasteiger partial charge >= 0.3 is 0 Å². The zero-order chi connectivity index (χ0) is 19.1. The van der Waals surface area contributed by atoms with Gasteiger partial charge in [0.15, 0.2) is 5.76 Å². The van der Waals surface area contributed by atoms with Crippen LogP contribution in [-0.2, 0) is 5.75 Å². The zero-order valence-electron chi connectivity index (χ0n) is 15.5. The Labute approximate surface area is 163 Å². The van der Waals surface area contributed by atoms with Gasteiger partial charge in [-0.1, -0.05) is 18.2 Å². The van der Waals surface area contributed by atoms with Crippen LogP contribution in [0.4, 0.5) is 0 Å². The Morgan fingerprint density at radius 2 is 1.78 bits per heavy atom. The molecule has 6 heteroatoms. The van der Waals surface area contributed by atoms with Crippen molar-refractivity contribution >= 4 is 28.6 Å². The van der Waals surface area contributed by atoms with E-state index in [-0.39, 0.29) is 5.91 Å². The molecule has 0 aliphatic carbocycles. The van der Waals surface area contributed by atoms with Gasteiger partial charge in [0.25, 0.3) is 5.91 Å². The lowest BCUT2D eigenvalue weighted by molar-refractivity contribution is 0.0920. The number of amides is 1. The SMILES string of the molecule is CCOc1ccc(OCCNC(=O)c2oc3ccccc3c2CSC)cc1. The maximum Gasteiger partial charge on any atom is 0.287 e. The predicted octanol–water partition coefficient (Wildman–Crippen LogP) is 4.50. The molecule has 3 aromatic rings. The Bertz CT molecular complexity index is 889. The minimum Gasteiger partial charge on any atom is -0.494 e. The smallest absolute Gasteiger partial charge is 0.287 e. The highest BCUT2D eigenvalue weighted by Crippen LogP contribution is 2.28. The first-order valence-electron chi connectivity index (χ1n) is 8.86. The second-order valence-electron chi connectivity index (χ2n) is 5.85. The lowest BCUT2D eigenvalue weighted by atomic mass is 10.1. The molecule has 1 heterocycles. The molecule has 0 saturated carbocycles. The van der Waals surface area contributed by atoms with Gasteiger partial charge in [0.05, 0.1) is 13.2 Å². The van der Waals surface area contributed by atoms with Crippen molar-refractivity contribution in [2.75, 3.05) is 26.0 Å². The van der Waals surface area contributed by atoms with Crippen LogP contribution in [0.3, 0.4) is 0 Å². The number of carbonyl (C=O) groups is 1. The molecule has 0 saturated heterocycles. The number of para-hydroxylation sites is 1. The molecule has 27 heavy (non-hydrogen) atoms. The van der Waals surface area contributed by atoms with E-state index in [0.717, 1.165) is 33.8 Å². The van der Waals surface area contributed by atoms with Crippen LogP contribution < -0.4 is 14.8 Å². The van der Waals surface area contributed by atoms with Gasteiger partial charge in [-0.25, -0.2) is 0 Å². The van der Waals surface area contributed by atoms with E-state index >= 15 is 0 Å². The largest absolute Gasteiger partial charge is 0.494 e. The van der Waals surface area contributed by atoms with Crippen molar-refractivity contribution in [2.45, 2.75) is 12.7 Å². The summed E-state index contributed by atoms with van der Waals surface area (Å²) >= 11 is 1.66. The van der Waals surface area contributed by atoms with E-state index in [9.17, 15) is 4.79 Å². The fraction of sp³-hybridized carbons (Fsp3) is 0.286. The molecule has 1 amide bonds. The molecule has 0 bridgehead atoms. The Morgan fingerprint density at radius 3 is 2.48 bits per heavy atom. The number of benzene rings is 2. The molecule has 1 N–H and O–H groups in total. The molecule has 142 valence electrons. The molecule has 0 aliphatic rings. The third-order valence-corrected chi connectivity index (χ3v) is 4.56. The molecule has 0 fully saturated rings. The summed E-state index contributed by atoms with van der Waals surface area (Å²) in [6.07, 6.45) is 2.01. The summed E-state index contributed by atoms with van der Waals surface area (Å²) in [5.74, 6) is 2.43. The maximum absolute atomic E-state index is 12.6. The van der Waals surface area contributed by atoms with E-state index in [0.29, 0.717) is 25.5 Å². The highest BCUT2D eigenvalue weighted by Gasteiger charge is 2.19. The standard InChI is InChI=1S/C21H23NO4S/c1-3-24-15-8-10-16(11-9-15)25-13-12-22-21(23)20-18(14-27-2)17-6-4-5-7-19(17)26-20/h4-11H,3,12-14H2,1-2H3,(H,22,23). The molecule has 0 unspecified atom stereocenters. The first-order valence-corrected chi connectivity index (χ1v) is 10.3. The minimum absolute atomic E-state index is 0.217. The molecule has 0 aliphatic heterocycles. The van der Waals surface area contributed by atoms with Gasteiger partial charge in [-0.2, -0.15) is 11.8 Å². The van der Waals surface area contributed by atoms with Gasteiger partial charge in [0.2, 0.25) is 0 Å². The fourth-order valence-corrected chi connectivity index (χ4v) is 3.36. The monoisotopic (exact) mass is 385 g/mol. The van der Waals surface area contributed by atoms with Crippen molar-refractivity contribution < 1.29 is 18.7 Å². The third-order valence-electron chi connectivity index (χ3n) is 3.98. The topological polar surface area (TPSA) is 60.7 Å². The predicted molar refractivity (Wildman–Crippen MR) is 109 cm³/mol. The number of nitrogens with one attached hydrogen (secondary N) is 1. The molecule has 0 spiro atoms. The van der Waals surface area contributed by atoms with Crippen molar-refractivity contribution in [2.24, 2.45) is 0 Å². The first-order chi connectivity index (χ1) is 13.2. The second-order valence-corrected chi connectivity index (χ2v) is 6.71. The van der Waals surface area contributed by atoms with Crippen LogP contribution in [0.25, 0.3) is 11.0 Å². The van der Waals surface area contributed by atoms with E-state index in [1.807, 2.05) is 61.7 Å². The van der Waals surface area contributed by atoms with Crippen LogP contribution in [0.15, 0.2) is 52.9 Å². The summed E-state index contributed by atoms with van der Waals surface area (Å²) in [5.41, 5.74) is 1.67. The number of thioether (sulfide) groups is 1. The number of furan rings is 1. The Kier molecular flexibility index (Phi) is 6.65. The van der Waals surface area contributed by atoms with Crippen LogP contribution >= 0.6 is 11.8 Å². The summed E-state index contributed by atoms with van der Waals surface area (Å²) in [6.45, 7) is 3.34. The summed E-state index contributed by atoms with van der Waals surface area (Å²) in [7, 11) is 0. The van der Waals surface area contributed by atoms with Crippen molar-refractivity contribution in [3.05, 3.63) is 59.9 Å². The van der Waals surface area contributed by atoms with Crippen LogP contribution in [0, 0.1) is 0 Å². The molecule has 3 rings (SSSR count). The molecule has 0 radical (unpaired) electrons. The summed E-state index contributed by atoms with van der Waals surface area (Å²) < 4.78 is 16.8. The number of rotatable bonds is 9. The molecular formula is C21H23NO4S. The van der Waals surface area contributed by atoms with Crippen molar-refractivity contribution in [1.29, 1.82) is 0 Å². The van der Waals surface area contributed by atoms with E-state index in [2.05, 4.69) is 5.32 Å². The van der Waals surface area contributed by atoms with Crippen LogP contribution in [0.1, 0.15) is 23.0 Å². The fourth-order valence-electron chi connectivity index (χ4n) is 2.78. The number of hydrogen-bond acceptors (Lipinski definition) is 5. The van der Waals surface area contributed by atoms with E-state index in [4.69, 9.17) is 13.9 Å². The zero-order valence-corrected chi connectivity index (χ0v) is 16.3. The average Bonchev–Trinajstić information content (AvgIpc) is 3.06. The van der Waals surface area contributed by atoms with Gasteiger partial charge < -0.3 is 19.2 Å². The van der Waals surface area contributed by atoms with E-state index in [1.165, 1.54) is 0 Å². The minimum atomic E-state index is -0.217. The Morgan fingerprint density at radius 1 is 1.07 bits per heavy atom. The first kappa shape index (κ1) is 19.2. The van der Waals surface area contributed by atoms with E-state index in [1.54, 1.807) is 11.8 Å². The average molecular weight is 385 g/mol. The number of hydrogen-bond donors (Lipinski definition) is 1. The number of ether oxygens (including phenoxy) is 2. The summed E-state index contributed by atoms with van der Waals surface area (Å²) in [4.78, 5) is 12.6. The highest BCUT2D eigenvalue weighted by molar-refractivity contribution is 7.97. The molecule has 1 aromatic heterocycles. The highest BCUT2D eigenvalue weighted by atomic mass is 32.2. The van der Waals surface area contributed by atoms with Crippen molar-refractivity contribution in [3.63, 3.8) is 0 Å². The molecule has 5 nitrogen and oxygen atoms in total. The third kappa shape index (κ3) is 4.77. The normalized spacial score (nSPS) is 10.7. The number of carbonyl (C=O) groups excluding carboxylic acids is 1. The second kappa shape index (κ2) is 9.37. The lowest BCUT2D eigenvalue weighted by Gasteiger charge is -2.08. The summed E-state index contributed by atoms with van der Waals surface area (Å²) in [5, 5.41) is 3.86. The quantitative estimate of drug-likeness (QED) is 0.550. The molecule has 2 aromatic carbocycles. The van der Waals surface area contributed by atoms with Crippen LogP contribution in [0.5, 0.6) is 11.5 Å². The van der Waals surface area contributed by atoms with Crippen molar-refractivity contribution in [1.82, 2.24) is 5.32 Å². The molecule has 0 atom stereocenters. The molecular weight excluding hydrogens is 362 g/mol. The lowest BCUT2D eigenvalue weighted by Crippen LogP contribution is -2.28. The van der Waals surface area contributed by atoms with Crippen molar-refractivity contribution in [3.8, 4) is 11.5 Å². The van der Waals surface area contributed by atoms with Gasteiger partial charge in [0.1, 0.15) is 23.7 Å². The van der Waals surface area contributed by atoms with Crippen LogP contribution in [-0.4, -0.2) is 31.9 Å². The Balaban J connectivity index is 1.56. The number of fused-ring (bicyclic) bond motifs is 1. The van der Waals surface area contributed by atoms with Gasteiger partial charge in [-0.15, -0.1) is 0 Å². The maximum atomic E-state index is 12.6. The van der Waals surface area contributed by atoms with Gasteiger partial charge in [0, 0.05) is 16.7 Å². The van der Waals surface area contributed by atoms with Gasteiger partial charge in [-0.3, -0.25) is 4.79 Å². The summed E-state index contributed by atoms with van der Waals surface area (Å²) in [6, 6.07) is 15.1. The van der Waals surface area contributed by atoms with Gasteiger partial charge in [-0.05, 0) is 43.5 Å². The van der Waals surface area contributed by atoms with E-state index < -0.39 is 0 Å². The van der Waals surface area contributed by atoms with Crippen LogP contribution in [0.2, 0.25) is 0 Å².